The highest BCUT2D eigenvalue weighted by molar-refractivity contribution is 5.95. The van der Waals surface area contributed by atoms with E-state index in [1.807, 2.05) is 54.6 Å². The minimum Gasteiger partial charge on any atom is -0.497 e. The maximum Gasteiger partial charge on any atom is 0.493 e. The Balaban J connectivity index is 1.70. The number of nitrogens with two attached hydrogens (primary N) is 1. The van der Waals surface area contributed by atoms with Crippen molar-refractivity contribution in [3.8, 4) is 16.9 Å². The molecule has 1 aliphatic heterocycles. The maximum atomic E-state index is 13.3. The molecule has 3 aromatic carbocycles. The van der Waals surface area contributed by atoms with Gasteiger partial charge in [0.05, 0.1) is 12.8 Å². The number of nitrogens with zero attached hydrogens (tertiary/aromatic N) is 2. The van der Waals surface area contributed by atoms with Crippen LogP contribution in [0.1, 0.15) is 17.5 Å². The van der Waals surface area contributed by atoms with Crippen molar-refractivity contribution < 1.29 is 32.3 Å². The van der Waals surface area contributed by atoms with Gasteiger partial charge in [0.25, 0.3) is 5.91 Å². The van der Waals surface area contributed by atoms with E-state index >= 15 is 0 Å². The van der Waals surface area contributed by atoms with E-state index in [1.165, 1.54) is 7.05 Å². The summed E-state index contributed by atoms with van der Waals surface area (Å²) in [6.45, 7) is 0. The molecule has 1 unspecified atom stereocenters. The average Bonchev–Trinajstić information content (AvgIpc) is 2.94. The number of hydrogen-bond acceptors (Lipinski definition) is 6. The molecule has 39 heavy (non-hydrogen) atoms. The summed E-state index contributed by atoms with van der Waals surface area (Å²) in [6.07, 6.45) is -6.11. The van der Waals surface area contributed by atoms with Gasteiger partial charge in [-0.3, -0.25) is 10.5 Å². The zero-order valence-corrected chi connectivity index (χ0v) is 21.4. The van der Waals surface area contributed by atoms with Crippen LogP contribution in [0.3, 0.4) is 0 Å². The summed E-state index contributed by atoms with van der Waals surface area (Å²) in [5.41, 5.74) is 9.89. The number of allylic oxidation sites excluding steroid dienone is 1. The summed E-state index contributed by atoms with van der Waals surface area (Å²) in [5.74, 6) is -2.17. The second-order valence-electron chi connectivity index (χ2n) is 9.05. The number of methoxy groups -OCH3 is 1. The topological polar surface area (TPSA) is 85.1 Å². The Hall–Kier alpha value is -4.31. The van der Waals surface area contributed by atoms with Crippen LogP contribution in [0.2, 0.25) is 0 Å². The predicted molar refractivity (Wildman–Crippen MR) is 139 cm³/mol. The Kier molecular flexibility index (Phi) is 8.25. The van der Waals surface area contributed by atoms with Crippen molar-refractivity contribution >= 4 is 11.9 Å². The number of carbonyl (C=O) groups excluding carboxylic acids is 2. The fourth-order valence-electron chi connectivity index (χ4n) is 4.37. The molecule has 1 heterocycles. The van der Waals surface area contributed by atoms with Gasteiger partial charge in [-0.1, -0.05) is 66.7 Å². The van der Waals surface area contributed by atoms with Crippen LogP contribution >= 0.6 is 0 Å². The van der Waals surface area contributed by atoms with E-state index in [-0.39, 0.29) is 24.1 Å². The Labute approximate surface area is 224 Å². The highest BCUT2D eigenvalue weighted by Gasteiger charge is 2.46. The fraction of sp³-hybridized carbons (Fsp3) is 0.241. The predicted octanol–water partition coefficient (Wildman–Crippen LogP) is 4.83. The van der Waals surface area contributed by atoms with Gasteiger partial charge in [0.2, 0.25) is 0 Å². The molecule has 2 N–H and O–H groups in total. The Morgan fingerprint density at radius 2 is 1.56 bits per heavy atom. The van der Waals surface area contributed by atoms with Gasteiger partial charge in [-0.25, -0.2) is 4.79 Å². The molecule has 10 heteroatoms. The third kappa shape index (κ3) is 6.40. The summed E-state index contributed by atoms with van der Waals surface area (Å²) in [6, 6.07) is 24.2. The fourth-order valence-corrected chi connectivity index (χ4v) is 4.37. The van der Waals surface area contributed by atoms with Crippen LogP contribution in [0.5, 0.6) is 5.75 Å². The smallest absolute Gasteiger partial charge is 0.493 e. The van der Waals surface area contributed by atoms with Crippen LogP contribution in [-0.4, -0.2) is 48.5 Å². The number of aryl methyl sites for hydroxylation is 1. The molecule has 0 saturated carbocycles. The molecule has 204 valence electrons. The number of ether oxygens (including phenoxy) is 1. The third-order valence-electron chi connectivity index (χ3n) is 6.45. The van der Waals surface area contributed by atoms with Crippen molar-refractivity contribution in [3.63, 3.8) is 0 Å². The molecule has 7 nitrogen and oxygen atoms in total. The number of halogens is 3. The van der Waals surface area contributed by atoms with Gasteiger partial charge >= 0.3 is 12.1 Å². The summed E-state index contributed by atoms with van der Waals surface area (Å²) >= 11 is 0. The second-order valence-corrected chi connectivity index (χ2v) is 9.05. The van der Waals surface area contributed by atoms with E-state index in [4.69, 9.17) is 15.3 Å². The standard InChI is InChI=1S/C29H28F3N3O4/c1-34-26(36)24(17-19-8-4-3-5-9-19)25(35(28(34)33)39-27(37)29(30,31)32)15-14-20-10-6-11-21(16-20)22-12-7-13-23(18-22)38-2/h3-13,16,18,28H,14-15,17,33H2,1-2H3. The number of carbonyl (C=O) groups is 2. The first-order valence-electron chi connectivity index (χ1n) is 12.2. The molecule has 0 radical (unpaired) electrons. The SMILES string of the molecule is COc1cccc(-c2cccc(CCC3=C(Cc4ccccc4)C(=O)N(C)C(N)N3OC(=O)C(F)(F)F)c2)c1. The van der Waals surface area contributed by atoms with Crippen molar-refractivity contribution in [1.29, 1.82) is 0 Å². The second kappa shape index (κ2) is 11.6. The summed E-state index contributed by atoms with van der Waals surface area (Å²) in [4.78, 5) is 30.9. The van der Waals surface area contributed by atoms with Crippen LogP contribution in [0.25, 0.3) is 11.1 Å². The van der Waals surface area contributed by atoms with Gasteiger partial charge in [0, 0.05) is 19.0 Å². The van der Waals surface area contributed by atoms with Gasteiger partial charge in [-0.05, 0) is 47.2 Å². The zero-order valence-electron chi connectivity index (χ0n) is 21.4. The average molecular weight is 540 g/mol. The van der Waals surface area contributed by atoms with Gasteiger partial charge in [0.1, 0.15) is 5.75 Å². The first kappa shape index (κ1) is 27.7. The number of rotatable bonds is 8. The number of benzene rings is 3. The van der Waals surface area contributed by atoms with E-state index in [0.717, 1.165) is 27.2 Å². The van der Waals surface area contributed by atoms with Crippen molar-refractivity contribution in [1.82, 2.24) is 9.96 Å². The lowest BCUT2D eigenvalue weighted by Crippen LogP contribution is -2.59. The Bertz CT molecular complexity index is 1380. The molecule has 1 atom stereocenters. The van der Waals surface area contributed by atoms with E-state index in [0.29, 0.717) is 17.2 Å². The third-order valence-corrected chi connectivity index (χ3v) is 6.45. The zero-order chi connectivity index (χ0) is 28.2. The van der Waals surface area contributed by atoms with Crippen LogP contribution < -0.4 is 10.5 Å². The van der Waals surface area contributed by atoms with E-state index in [2.05, 4.69) is 0 Å². The van der Waals surface area contributed by atoms with Crippen molar-refractivity contribution in [3.05, 3.63) is 101 Å². The Morgan fingerprint density at radius 3 is 2.23 bits per heavy atom. The molecule has 0 aromatic heterocycles. The van der Waals surface area contributed by atoms with Gasteiger partial charge in [-0.15, -0.1) is 0 Å². The molecule has 0 saturated heterocycles. The molecule has 0 bridgehead atoms. The Morgan fingerprint density at radius 1 is 0.923 bits per heavy atom. The monoisotopic (exact) mass is 539 g/mol. The van der Waals surface area contributed by atoms with Crippen LogP contribution in [0.4, 0.5) is 13.2 Å². The minimum atomic E-state index is -5.24. The van der Waals surface area contributed by atoms with Gasteiger partial charge in [0.15, 0.2) is 6.29 Å². The molecule has 4 rings (SSSR count). The summed E-state index contributed by atoms with van der Waals surface area (Å²) < 4.78 is 44.7. The molecule has 3 aromatic rings. The highest BCUT2D eigenvalue weighted by Crippen LogP contribution is 2.31. The van der Waals surface area contributed by atoms with Crippen molar-refractivity contribution in [2.75, 3.05) is 14.2 Å². The van der Waals surface area contributed by atoms with Crippen LogP contribution in [0.15, 0.2) is 90.1 Å². The lowest BCUT2D eigenvalue weighted by atomic mass is 9.95. The van der Waals surface area contributed by atoms with E-state index in [9.17, 15) is 22.8 Å². The molecule has 1 amide bonds. The number of hydroxylamine groups is 2. The largest absolute Gasteiger partial charge is 0.497 e. The molecular formula is C29H28F3N3O4. The lowest BCUT2D eigenvalue weighted by molar-refractivity contribution is -0.248. The first-order chi connectivity index (χ1) is 18.6. The maximum absolute atomic E-state index is 13.3. The minimum absolute atomic E-state index is 0.0994. The molecule has 0 spiro atoms. The van der Waals surface area contributed by atoms with Crippen molar-refractivity contribution in [2.45, 2.75) is 31.7 Å². The summed E-state index contributed by atoms with van der Waals surface area (Å²) in [7, 11) is 2.93. The van der Waals surface area contributed by atoms with Gasteiger partial charge < -0.3 is 14.5 Å². The highest BCUT2D eigenvalue weighted by atomic mass is 19.4. The van der Waals surface area contributed by atoms with E-state index < -0.39 is 24.3 Å². The molecule has 0 fully saturated rings. The van der Waals surface area contributed by atoms with E-state index in [1.54, 1.807) is 31.4 Å². The van der Waals surface area contributed by atoms with Crippen LogP contribution in [-0.2, 0) is 27.3 Å². The molecular weight excluding hydrogens is 511 g/mol. The number of likely N-dealkylation sites (N-methyl/N-ethyl adjacent to an activating group) is 1. The number of amides is 1. The quantitative estimate of drug-likeness (QED) is 0.442. The normalized spacial score (nSPS) is 15.9. The molecule has 0 aliphatic carbocycles. The number of hydrogen-bond donors (Lipinski definition) is 1. The van der Waals surface area contributed by atoms with Crippen molar-refractivity contribution in [2.24, 2.45) is 5.73 Å². The molecule has 1 aliphatic rings. The van der Waals surface area contributed by atoms with Crippen LogP contribution in [0, 0.1) is 0 Å². The number of alkyl halides is 3. The van der Waals surface area contributed by atoms with Gasteiger partial charge in [-0.2, -0.15) is 18.2 Å². The lowest BCUT2D eigenvalue weighted by Gasteiger charge is -2.41. The first-order valence-corrected chi connectivity index (χ1v) is 12.2. The summed E-state index contributed by atoms with van der Waals surface area (Å²) in [5, 5.41) is 0.710.